The first-order chi connectivity index (χ1) is 36.6. The fourth-order valence-corrected chi connectivity index (χ4v) is 7.75. The van der Waals surface area contributed by atoms with Gasteiger partial charge in [0.05, 0.1) is 24.4 Å². The summed E-state index contributed by atoms with van der Waals surface area (Å²) in [6.07, 6.45) is -0.556. The molecule has 0 fully saturated rings. The number of nitrogens with zero attached hydrogens (tertiary/aromatic N) is 4. The van der Waals surface area contributed by atoms with E-state index in [1.165, 1.54) is 41.0 Å². The zero-order chi connectivity index (χ0) is 54.1. The normalized spacial score (nSPS) is 12.1. The van der Waals surface area contributed by atoms with Crippen molar-refractivity contribution in [2.75, 3.05) is 0 Å². The van der Waals surface area contributed by atoms with Gasteiger partial charge in [-0.1, -0.05) is 142 Å². The molecule has 0 spiro atoms. The van der Waals surface area contributed by atoms with E-state index in [1.54, 1.807) is 52.0 Å². The van der Waals surface area contributed by atoms with Gasteiger partial charge in [0.2, 0.25) is 11.8 Å². The van der Waals surface area contributed by atoms with Crippen molar-refractivity contribution < 1.29 is 78.3 Å². The first kappa shape index (κ1) is 61.9. The predicted molar refractivity (Wildman–Crippen MR) is 295 cm³/mol. The number of hydrogen-bond acceptors (Lipinski definition) is 10. The summed E-state index contributed by atoms with van der Waals surface area (Å²) in [5.74, 6) is 1.20. The van der Waals surface area contributed by atoms with Crippen molar-refractivity contribution in [2.24, 2.45) is 0 Å². The van der Waals surface area contributed by atoms with Crippen LogP contribution in [0.3, 0.4) is 0 Å². The van der Waals surface area contributed by atoms with Gasteiger partial charge in [0.25, 0.3) is 0 Å². The molecule has 0 bridgehead atoms. The number of benzene rings is 8. The van der Waals surface area contributed by atoms with E-state index in [2.05, 4.69) is 113 Å². The second-order valence-corrected chi connectivity index (χ2v) is 18.6. The minimum Gasteiger partial charge on any atom is -0.464 e. The molecule has 10 rings (SSSR count). The van der Waals surface area contributed by atoms with E-state index in [4.69, 9.17) is 29.3 Å². The molecule has 0 amide bonds. The van der Waals surface area contributed by atoms with Gasteiger partial charge in [-0.25, -0.2) is 8.78 Å². The van der Waals surface area contributed by atoms with E-state index in [0.29, 0.717) is 42.0 Å². The maximum Gasteiger partial charge on any atom is 0.237 e. The molecule has 8 aromatic carbocycles. The van der Waals surface area contributed by atoms with E-state index in [-0.39, 0.29) is 76.3 Å². The molecule has 2 radical (unpaired) electrons. The van der Waals surface area contributed by atoms with E-state index in [0.717, 1.165) is 55.6 Å². The maximum atomic E-state index is 13.1. The van der Waals surface area contributed by atoms with Crippen LogP contribution >= 0.6 is 0 Å². The fourth-order valence-electron chi connectivity index (χ4n) is 7.75. The molecular weight excluding hydrogens is 1340 g/mol. The molecular formula is C64H60F2Ir2N4O6-2. The number of hydrogen-bond donors (Lipinski definition) is 4. The molecule has 0 aliphatic heterocycles. The van der Waals surface area contributed by atoms with Gasteiger partial charge >= 0.3 is 0 Å². The van der Waals surface area contributed by atoms with E-state index in [9.17, 15) is 8.78 Å². The van der Waals surface area contributed by atoms with Crippen molar-refractivity contribution in [1.82, 2.24) is 20.4 Å². The summed E-state index contributed by atoms with van der Waals surface area (Å²) in [6, 6.07) is 63.3. The van der Waals surface area contributed by atoms with Crippen LogP contribution in [0.2, 0.25) is 0 Å². The Hall–Kier alpha value is -6.96. The van der Waals surface area contributed by atoms with E-state index < -0.39 is 0 Å². The van der Waals surface area contributed by atoms with Gasteiger partial charge in [0.1, 0.15) is 11.6 Å². The molecule has 10 aromatic rings. The van der Waals surface area contributed by atoms with Gasteiger partial charge in [-0.2, -0.15) is 10.2 Å². The van der Waals surface area contributed by atoms with Gasteiger partial charge in [0, 0.05) is 51.3 Å². The van der Waals surface area contributed by atoms with Gasteiger partial charge in [-0.15, -0.1) is 58.7 Å². The predicted octanol–water partition coefficient (Wildman–Crippen LogP) is 14.2. The monoisotopic (exact) mass is 1400 g/mol. The largest absolute Gasteiger partial charge is 0.464 e. The molecule has 0 aliphatic carbocycles. The Balaban J connectivity index is 0.000000227. The molecule has 0 saturated heterocycles. The second-order valence-electron chi connectivity index (χ2n) is 18.6. The molecule has 78 heavy (non-hydrogen) atoms. The molecule has 406 valence electrons. The fraction of sp³-hybridized carbons (Fsp3) is 0.188. The Bertz CT molecular complexity index is 2870. The minimum atomic E-state index is -0.375. The van der Waals surface area contributed by atoms with Crippen LogP contribution in [-0.4, -0.2) is 65.2 Å². The van der Waals surface area contributed by atoms with Crippen molar-refractivity contribution in [3.63, 3.8) is 0 Å². The SMILES string of the molecule is CC(O)CC(C)O.CC(O)CC(C)O.Cc1ccc(-c2c[c-]c(-c3nnc(-c4ccc(-c5ccc(C)cc5)cc4)o3)cc2)cc1.Fc1ccc(-c2c[c-]c(-c3nnc(-c4ccc(-c5ccc(F)cc5)cc4)o3)cc2)cc1.[Ir].[Ir]. The van der Waals surface area contributed by atoms with Gasteiger partial charge in [-0.3, -0.25) is 0 Å². The van der Waals surface area contributed by atoms with Crippen LogP contribution in [0.4, 0.5) is 8.78 Å². The third-order valence-corrected chi connectivity index (χ3v) is 11.7. The summed E-state index contributed by atoms with van der Waals surface area (Å²) >= 11 is 0. The molecule has 4 N–H and O–H groups in total. The molecule has 2 heterocycles. The summed E-state index contributed by atoms with van der Waals surface area (Å²) in [4.78, 5) is 0. The van der Waals surface area contributed by atoms with Crippen molar-refractivity contribution in [1.29, 1.82) is 0 Å². The Morgan fingerprint density at radius 2 is 0.577 bits per heavy atom. The van der Waals surface area contributed by atoms with Crippen LogP contribution < -0.4 is 0 Å². The average molecular weight is 1400 g/mol. The van der Waals surface area contributed by atoms with Crippen LogP contribution in [0.25, 0.3) is 90.3 Å². The van der Waals surface area contributed by atoms with Crippen LogP contribution in [-0.2, 0) is 40.2 Å². The first-order valence-corrected chi connectivity index (χ1v) is 24.9. The number of aryl methyl sites for hydroxylation is 2. The van der Waals surface area contributed by atoms with Crippen LogP contribution in [0.5, 0.6) is 0 Å². The molecule has 4 unspecified atom stereocenters. The van der Waals surface area contributed by atoms with E-state index in [1.807, 2.05) is 66.7 Å². The van der Waals surface area contributed by atoms with Gasteiger partial charge < -0.3 is 29.3 Å². The van der Waals surface area contributed by atoms with E-state index >= 15 is 0 Å². The average Bonchev–Trinajstić information content (AvgIpc) is 4.14. The smallest absolute Gasteiger partial charge is 0.237 e. The summed E-state index contributed by atoms with van der Waals surface area (Å²) in [5.41, 5.74) is 14.0. The number of aliphatic hydroxyl groups is 4. The summed E-state index contributed by atoms with van der Waals surface area (Å²) in [7, 11) is 0. The molecule has 4 atom stereocenters. The molecule has 0 aliphatic rings. The minimum absolute atomic E-state index is 0. The van der Waals surface area contributed by atoms with Gasteiger partial charge in [0.15, 0.2) is 11.8 Å². The molecule has 10 nitrogen and oxygen atoms in total. The second kappa shape index (κ2) is 30.3. The first-order valence-electron chi connectivity index (χ1n) is 24.9. The number of halogens is 2. The number of aromatic nitrogens is 4. The Morgan fingerprint density at radius 3 is 0.833 bits per heavy atom. The standard InChI is InChI=1S/C28H21N2O.C26H15F2N2O.2C5H12O2.2Ir/c1-19-3-7-21(8-4-19)23-11-15-25(16-12-23)27-29-30-28(31-27)26-17-13-24(14-18-26)22-9-5-20(2)6-10-22;27-23-13-9-19(10-14-23)17-1-5-21(6-2-17)25-29-30-26(31-25)22-7-3-18(4-8-22)20-11-15-24(28)16-12-20;2*1-4(6)3-5(2)7;;/h3-17H,1-2H3;1-7,9-16H;2*4-7H,3H2,1-2H3;;/q2*-1;;;;. The third kappa shape index (κ3) is 18.6. The van der Waals surface area contributed by atoms with Crippen molar-refractivity contribution in [2.45, 2.75) is 78.8 Å². The Labute approximate surface area is 481 Å². The zero-order valence-electron chi connectivity index (χ0n) is 43.9. The summed E-state index contributed by atoms with van der Waals surface area (Å²) in [6.45, 7) is 10.8. The van der Waals surface area contributed by atoms with Crippen LogP contribution in [0, 0.1) is 37.6 Å². The number of rotatable bonds is 12. The summed E-state index contributed by atoms with van der Waals surface area (Å²) < 4.78 is 38.0. The molecule has 2 aromatic heterocycles. The summed E-state index contributed by atoms with van der Waals surface area (Å²) in [5, 5.41) is 51.0. The Kier molecular flexibility index (Phi) is 24.0. The maximum absolute atomic E-state index is 13.1. The zero-order valence-corrected chi connectivity index (χ0v) is 48.7. The molecule has 14 heteroatoms. The quantitative estimate of drug-likeness (QED) is 0.0868. The van der Waals surface area contributed by atoms with Crippen molar-refractivity contribution in [3.05, 3.63) is 217 Å². The van der Waals surface area contributed by atoms with Crippen LogP contribution in [0.1, 0.15) is 51.7 Å². The van der Waals surface area contributed by atoms with Crippen molar-refractivity contribution in [3.8, 4) is 90.3 Å². The van der Waals surface area contributed by atoms with Crippen molar-refractivity contribution >= 4 is 0 Å². The molecule has 0 saturated carbocycles. The van der Waals surface area contributed by atoms with Gasteiger partial charge in [-0.05, 0) is 125 Å². The number of aliphatic hydroxyl groups excluding tert-OH is 4. The topological polar surface area (TPSA) is 159 Å². The third-order valence-electron chi connectivity index (χ3n) is 11.7. The Morgan fingerprint density at radius 1 is 0.346 bits per heavy atom. The van der Waals surface area contributed by atoms with Crippen LogP contribution in [0.15, 0.2) is 191 Å².